The van der Waals surface area contributed by atoms with Crippen LogP contribution in [0.1, 0.15) is 77.6 Å². The average Bonchev–Trinajstić information content (AvgIpc) is 2.37. The minimum Gasteiger partial charge on any atom is -0.520 e. The van der Waals surface area contributed by atoms with E-state index >= 15 is 0 Å². The molecule has 0 saturated carbocycles. The molecule has 0 unspecified atom stereocenters. The van der Waals surface area contributed by atoms with Gasteiger partial charge in [0.15, 0.2) is 0 Å². The normalized spacial score (nSPS) is 12.4. The lowest BCUT2D eigenvalue weighted by Crippen LogP contribution is -2.41. The molecule has 23 heavy (non-hydrogen) atoms. The molecule has 0 spiro atoms. The predicted molar refractivity (Wildman–Crippen MR) is 108 cm³/mol. The van der Waals surface area contributed by atoms with Crippen LogP contribution in [0.2, 0.25) is 38.4 Å². The monoisotopic (exact) mass is 358 g/mol. The van der Waals surface area contributed by atoms with Gasteiger partial charge in [-0.05, 0) is 25.2 Å². The van der Waals surface area contributed by atoms with E-state index in [0.717, 1.165) is 6.42 Å². The maximum absolute atomic E-state index is 12.0. The molecule has 0 atom stereocenters. The average molecular weight is 359 g/mol. The molecule has 138 valence electrons. The molecule has 0 rings (SSSR count). The third kappa shape index (κ3) is 16.5. The Balaban J connectivity index is 3.57. The molecule has 0 aromatic heterocycles. The third-order valence-corrected chi connectivity index (χ3v) is 12.5. The summed E-state index contributed by atoms with van der Waals surface area (Å²) < 4.78 is 5.83. The van der Waals surface area contributed by atoms with Gasteiger partial charge in [0.25, 0.3) is 5.97 Å². The molecule has 0 aromatic rings. The summed E-state index contributed by atoms with van der Waals surface area (Å²) in [5.41, 5.74) is 1.17. The van der Waals surface area contributed by atoms with E-state index in [1.807, 2.05) is 0 Å². The Hall–Kier alpha value is -0.0962. The van der Waals surface area contributed by atoms with E-state index in [0.29, 0.717) is 6.42 Å². The van der Waals surface area contributed by atoms with Gasteiger partial charge >= 0.3 is 0 Å². The summed E-state index contributed by atoms with van der Waals surface area (Å²) in [4.78, 5) is 12.0. The van der Waals surface area contributed by atoms with Gasteiger partial charge in [-0.1, -0.05) is 84.4 Å². The minimum atomic E-state index is -1.79. The number of unbranched alkanes of at least 4 members (excludes halogenated alkanes) is 9. The van der Waals surface area contributed by atoms with Crippen molar-refractivity contribution in [3.63, 3.8) is 0 Å². The van der Waals surface area contributed by atoms with Gasteiger partial charge in [-0.3, -0.25) is 4.79 Å². The van der Waals surface area contributed by atoms with Gasteiger partial charge in [0.05, 0.1) is 0 Å². The van der Waals surface area contributed by atoms with E-state index in [1.165, 1.54) is 63.5 Å². The van der Waals surface area contributed by atoms with Crippen LogP contribution in [-0.2, 0) is 9.22 Å². The lowest BCUT2D eigenvalue weighted by Gasteiger charge is -2.28. The van der Waals surface area contributed by atoms with Crippen molar-refractivity contribution in [2.75, 3.05) is 0 Å². The SMILES string of the molecule is CCCCCCCCCCCCC(=O)O[Si](C)(C)C[Si](C)(C)C. The van der Waals surface area contributed by atoms with Crippen molar-refractivity contribution >= 4 is 22.4 Å². The second-order valence-electron chi connectivity index (χ2n) is 8.90. The van der Waals surface area contributed by atoms with E-state index in [4.69, 9.17) is 4.43 Å². The molecule has 4 heteroatoms. The standard InChI is InChI=1S/C19H42O2Si2/c1-7-8-9-10-11-12-13-14-15-16-17-19(20)21-23(5,6)18-22(2,3)4/h7-18H2,1-6H3. The maximum Gasteiger partial charge on any atom is 0.292 e. The smallest absolute Gasteiger partial charge is 0.292 e. The molecule has 0 aliphatic rings. The number of carbonyl (C=O) groups excluding carboxylic acids is 1. The van der Waals surface area contributed by atoms with Gasteiger partial charge in [0.2, 0.25) is 8.32 Å². The predicted octanol–water partition coefficient (Wildman–Crippen LogP) is 6.92. The van der Waals surface area contributed by atoms with E-state index in [9.17, 15) is 4.79 Å². The molecule has 0 N–H and O–H groups in total. The number of rotatable bonds is 14. The fraction of sp³-hybridized carbons (Fsp3) is 0.947. The molecule has 0 aliphatic heterocycles. The second kappa shape index (κ2) is 12.3. The van der Waals surface area contributed by atoms with Gasteiger partial charge in [-0.25, -0.2) is 0 Å². The Kier molecular flexibility index (Phi) is 12.2. The highest BCUT2D eigenvalue weighted by molar-refractivity contribution is 6.92. The van der Waals surface area contributed by atoms with Gasteiger partial charge in [0.1, 0.15) is 0 Å². The summed E-state index contributed by atoms with van der Waals surface area (Å²) in [5, 5.41) is 0. The summed E-state index contributed by atoms with van der Waals surface area (Å²) >= 11 is 0. The molecule has 2 nitrogen and oxygen atoms in total. The van der Waals surface area contributed by atoms with Crippen LogP contribution in [0.5, 0.6) is 0 Å². The van der Waals surface area contributed by atoms with Crippen LogP contribution < -0.4 is 0 Å². The van der Waals surface area contributed by atoms with E-state index < -0.39 is 16.4 Å². The molecule has 0 aliphatic carbocycles. The largest absolute Gasteiger partial charge is 0.520 e. The van der Waals surface area contributed by atoms with E-state index in [1.54, 1.807) is 0 Å². The topological polar surface area (TPSA) is 26.3 Å². The van der Waals surface area contributed by atoms with Crippen molar-refractivity contribution in [1.29, 1.82) is 0 Å². The first-order valence-corrected chi connectivity index (χ1v) is 16.7. The highest BCUT2D eigenvalue weighted by Gasteiger charge is 2.33. The summed E-state index contributed by atoms with van der Waals surface area (Å²) in [6.07, 6.45) is 13.7. The molecule has 0 saturated heterocycles. The van der Waals surface area contributed by atoms with Crippen molar-refractivity contribution in [2.45, 2.75) is 116 Å². The Bertz CT molecular complexity index is 309. The van der Waals surface area contributed by atoms with Gasteiger partial charge in [0, 0.05) is 14.5 Å². The first-order chi connectivity index (χ1) is 10.7. The highest BCUT2D eigenvalue weighted by atomic mass is 28.4. The van der Waals surface area contributed by atoms with Crippen molar-refractivity contribution in [2.24, 2.45) is 0 Å². The Morgan fingerprint density at radius 3 is 1.61 bits per heavy atom. The first-order valence-electron chi connectivity index (χ1n) is 9.88. The van der Waals surface area contributed by atoms with Gasteiger partial charge in [-0.2, -0.15) is 0 Å². The zero-order valence-corrected chi connectivity index (χ0v) is 18.8. The van der Waals surface area contributed by atoms with Crippen LogP contribution in [0.25, 0.3) is 0 Å². The van der Waals surface area contributed by atoms with E-state index in [-0.39, 0.29) is 5.97 Å². The lowest BCUT2D eigenvalue weighted by molar-refractivity contribution is -0.135. The molecular formula is C19H42O2Si2. The quantitative estimate of drug-likeness (QED) is 0.249. The second-order valence-corrected chi connectivity index (χ2v) is 19.2. The lowest BCUT2D eigenvalue weighted by atomic mass is 10.1. The highest BCUT2D eigenvalue weighted by Crippen LogP contribution is 2.21. The fourth-order valence-electron chi connectivity index (χ4n) is 3.43. The van der Waals surface area contributed by atoms with Crippen LogP contribution >= 0.6 is 0 Å². The first kappa shape index (κ1) is 22.9. The molecule has 0 fully saturated rings. The van der Waals surface area contributed by atoms with E-state index in [2.05, 4.69) is 39.7 Å². The van der Waals surface area contributed by atoms with Crippen molar-refractivity contribution in [3.8, 4) is 0 Å². The fourth-order valence-corrected chi connectivity index (χ4v) is 14.7. The van der Waals surface area contributed by atoms with Crippen molar-refractivity contribution < 1.29 is 9.22 Å². The maximum atomic E-state index is 12.0. The van der Waals surface area contributed by atoms with Gasteiger partial charge < -0.3 is 4.43 Å². The summed E-state index contributed by atoms with van der Waals surface area (Å²) in [5.74, 6) is 0.0551. The summed E-state index contributed by atoms with van der Waals surface area (Å²) in [6.45, 7) is 13.7. The number of hydrogen-bond acceptors (Lipinski definition) is 2. The molecular weight excluding hydrogens is 316 g/mol. The van der Waals surface area contributed by atoms with Crippen LogP contribution in [0.3, 0.4) is 0 Å². The zero-order valence-electron chi connectivity index (χ0n) is 16.8. The summed E-state index contributed by atoms with van der Waals surface area (Å²) in [6, 6.07) is 0. The van der Waals surface area contributed by atoms with Crippen molar-refractivity contribution in [3.05, 3.63) is 0 Å². The minimum absolute atomic E-state index is 0.0551. The molecule has 0 aromatic carbocycles. The molecule has 0 bridgehead atoms. The Labute approximate surface area is 147 Å². The zero-order chi connectivity index (χ0) is 17.8. The van der Waals surface area contributed by atoms with Crippen LogP contribution in [0, 0.1) is 0 Å². The third-order valence-electron chi connectivity index (χ3n) is 4.08. The van der Waals surface area contributed by atoms with Crippen LogP contribution in [0.4, 0.5) is 0 Å². The Morgan fingerprint density at radius 2 is 1.17 bits per heavy atom. The van der Waals surface area contributed by atoms with Crippen LogP contribution in [0.15, 0.2) is 0 Å². The van der Waals surface area contributed by atoms with Gasteiger partial charge in [-0.15, -0.1) is 0 Å². The molecule has 0 heterocycles. The number of hydrogen-bond donors (Lipinski definition) is 0. The Morgan fingerprint density at radius 1 is 0.739 bits per heavy atom. The van der Waals surface area contributed by atoms with Crippen LogP contribution in [-0.4, -0.2) is 22.4 Å². The van der Waals surface area contributed by atoms with Crippen molar-refractivity contribution in [1.82, 2.24) is 0 Å². The molecule has 0 radical (unpaired) electrons. The molecule has 0 amide bonds. The summed E-state index contributed by atoms with van der Waals surface area (Å²) in [7, 11) is -2.93. The number of carbonyl (C=O) groups is 1.